The van der Waals surface area contributed by atoms with E-state index in [0.717, 1.165) is 13.1 Å². The third-order valence-corrected chi connectivity index (χ3v) is 1.76. The van der Waals surface area contributed by atoms with Crippen LogP contribution in [0, 0.1) is 0 Å². The van der Waals surface area contributed by atoms with E-state index in [-0.39, 0.29) is 5.95 Å². The highest BCUT2D eigenvalue weighted by Crippen LogP contribution is 2.16. The number of aromatic hydroxyl groups is 1. The van der Waals surface area contributed by atoms with Gasteiger partial charge < -0.3 is 19.4 Å². The SMILES string of the molecule is CN(C)CCN(C)c1cc(O)on1. The highest BCUT2D eigenvalue weighted by Gasteiger charge is 2.06. The maximum absolute atomic E-state index is 8.91. The summed E-state index contributed by atoms with van der Waals surface area (Å²) in [6.07, 6.45) is 0. The van der Waals surface area contributed by atoms with Gasteiger partial charge in [0.1, 0.15) is 0 Å². The molecule has 1 rings (SSSR count). The first-order valence-corrected chi connectivity index (χ1v) is 4.11. The van der Waals surface area contributed by atoms with Crippen molar-refractivity contribution in [2.75, 3.05) is 39.1 Å². The monoisotopic (exact) mass is 185 g/mol. The molecule has 13 heavy (non-hydrogen) atoms. The van der Waals surface area contributed by atoms with Crippen LogP contribution < -0.4 is 4.90 Å². The first-order valence-electron chi connectivity index (χ1n) is 4.11. The summed E-state index contributed by atoms with van der Waals surface area (Å²) in [4.78, 5) is 4.00. The van der Waals surface area contributed by atoms with Gasteiger partial charge in [-0.1, -0.05) is 5.16 Å². The Morgan fingerprint density at radius 3 is 2.54 bits per heavy atom. The Labute approximate surface area is 77.5 Å². The number of anilines is 1. The summed E-state index contributed by atoms with van der Waals surface area (Å²) >= 11 is 0. The van der Waals surface area contributed by atoms with Gasteiger partial charge in [0.2, 0.25) is 0 Å². The number of rotatable bonds is 4. The van der Waals surface area contributed by atoms with Crippen LogP contribution >= 0.6 is 0 Å². The van der Waals surface area contributed by atoms with Gasteiger partial charge in [-0.3, -0.25) is 0 Å². The lowest BCUT2D eigenvalue weighted by Gasteiger charge is -2.17. The summed E-state index contributed by atoms with van der Waals surface area (Å²) in [5, 5.41) is 12.6. The first-order chi connectivity index (χ1) is 6.09. The lowest BCUT2D eigenvalue weighted by Crippen LogP contribution is -2.28. The van der Waals surface area contributed by atoms with Crippen LogP contribution in [0.2, 0.25) is 0 Å². The average Bonchev–Trinajstić information content (AvgIpc) is 2.47. The molecule has 0 saturated carbocycles. The molecule has 0 spiro atoms. The van der Waals surface area contributed by atoms with E-state index in [1.165, 1.54) is 6.07 Å². The van der Waals surface area contributed by atoms with Crippen LogP contribution in [0.15, 0.2) is 10.6 Å². The second-order valence-corrected chi connectivity index (χ2v) is 3.25. The predicted octanol–water partition coefficient (Wildman–Crippen LogP) is 0.378. The molecule has 5 heteroatoms. The van der Waals surface area contributed by atoms with E-state index in [1.54, 1.807) is 0 Å². The van der Waals surface area contributed by atoms with Gasteiger partial charge in [-0.15, -0.1) is 0 Å². The Balaban J connectivity index is 2.44. The standard InChI is InChI=1S/C8H15N3O2/c1-10(2)4-5-11(3)7-6-8(12)13-9-7/h6,12H,4-5H2,1-3H3. The van der Waals surface area contributed by atoms with Crippen LogP contribution in [-0.2, 0) is 0 Å². The molecule has 1 aromatic rings. The third-order valence-electron chi connectivity index (χ3n) is 1.76. The summed E-state index contributed by atoms with van der Waals surface area (Å²) in [6, 6.07) is 1.50. The number of likely N-dealkylation sites (N-methyl/N-ethyl adjacent to an activating group) is 2. The van der Waals surface area contributed by atoms with Crippen LogP contribution in [-0.4, -0.2) is 49.4 Å². The minimum atomic E-state index is -0.147. The number of hydrogen-bond acceptors (Lipinski definition) is 5. The van der Waals surface area contributed by atoms with Crippen molar-refractivity contribution in [1.29, 1.82) is 0 Å². The Hall–Kier alpha value is -1.23. The molecule has 0 radical (unpaired) electrons. The zero-order valence-corrected chi connectivity index (χ0v) is 8.19. The Bertz CT molecular complexity index is 260. The molecule has 0 fully saturated rings. The first kappa shape index (κ1) is 9.85. The molecule has 1 N–H and O–H groups in total. The van der Waals surface area contributed by atoms with Crippen molar-refractivity contribution in [2.45, 2.75) is 0 Å². The van der Waals surface area contributed by atoms with Crippen LogP contribution in [0.3, 0.4) is 0 Å². The molecule has 0 aliphatic heterocycles. The summed E-state index contributed by atoms with van der Waals surface area (Å²) in [5.74, 6) is 0.506. The van der Waals surface area contributed by atoms with E-state index in [0.29, 0.717) is 5.82 Å². The van der Waals surface area contributed by atoms with Gasteiger partial charge in [0.05, 0.1) is 6.07 Å². The van der Waals surface area contributed by atoms with Gasteiger partial charge >= 0.3 is 5.95 Å². The molecule has 0 amide bonds. The van der Waals surface area contributed by atoms with Gasteiger partial charge in [-0.25, -0.2) is 0 Å². The molecule has 0 unspecified atom stereocenters. The van der Waals surface area contributed by atoms with Crippen molar-refractivity contribution in [3.63, 3.8) is 0 Å². The quantitative estimate of drug-likeness (QED) is 0.734. The minimum Gasteiger partial charge on any atom is -0.479 e. The molecule has 0 aliphatic carbocycles. The zero-order chi connectivity index (χ0) is 9.84. The van der Waals surface area contributed by atoms with Crippen molar-refractivity contribution < 1.29 is 9.63 Å². The molecule has 5 nitrogen and oxygen atoms in total. The van der Waals surface area contributed by atoms with E-state index in [9.17, 15) is 0 Å². The molecule has 0 aromatic carbocycles. The normalized spacial score (nSPS) is 10.8. The van der Waals surface area contributed by atoms with Crippen molar-refractivity contribution >= 4 is 5.82 Å². The Morgan fingerprint density at radius 2 is 2.08 bits per heavy atom. The second-order valence-electron chi connectivity index (χ2n) is 3.25. The van der Waals surface area contributed by atoms with Crippen molar-refractivity contribution in [3.05, 3.63) is 6.07 Å². The van der Waals surface area contributed by atoms with Crippen molar-refractivity contribution in [2.24, 2.45) is 0 Å². The van der Waals surface area contributed by atoms with E-state index in [1.807, 2.05) is 26.0 Å². The Morgan fingerprint density at radius 1 is 1.38 bits per heavy atom. The molecule has 0 atom stereocenters. The predicted molar refractivity (Wildman–Crippen MR) is 50.0 cm³/mol. The second kappa shape index (κ2) is 4.13. The molecular formula is C8H15N3O2. The fraction of sp³-hybridized carbons (Fsp3) is 0.625. The van der Waals surface area contributed by atoms with Crippen LogP contribution in [0.4, 0.5) is 5.82 Å². The molecule has 1 heterocycles. The molecular weight excluding hydrogens is 170 g/mol. The molecule has 1 aromatic heterocycles. The van der Waals surface area contributed by atoms with Gasteiger partial charge in [-0.2, -0.15) is 0 Å². The maximum atomic E-state index is 8.91. The van der Waals surface area contributed by atoms with Crippen molar-refractivity contribution in [3.8, 4) is 5.95 Å². The lowest BCUT2D eigenvalue weighted by molar-refractivity contribution is 0.278. The largest absolute Gasteiger partial charge is 0.479 e. The zero-order valence-electron chi connectivity index (χ0n) is 8.19. The fourth-order valence-corrected chi connectivity index (χ4v) is 0.901. The summed E-state index contributed by atoms with van der Waals surface area (Å²) < 4.78 is 4.54. The van der Waals surface area contributed by atoms with Crippen LogP contribution in [0.1, 0.15) is 0 Å². The highest BCUT2D eigenvalue weighted by atomic mass is 16.5. The minimum absolute atomic E-state index is 0.147. The fourth-order valence-electron chi connectivity index (χ4n) is 0.901. The van der Waals surface area contributed by atoms with E-state index < -0.39 is 0 Å². The Kier molecular flexibility index (Phi) is 3.13. The smallest absolute Gasteiger partial charge is 0.310 e. The van der Waals surface area contributed by atoms with Gasteiger partial charge in [-0.05, 0) is 14.1 Å². The average molecular weight is 185 g/mol. The lowest BCUT2D eigenvalue weighted by atomic mass is 10.5. The third kappa shape index (κ3) is 2.95. The summed E-state index contributed by atoms with van der Waals surface area (Å²) in [5.41, 5.74) is 0. The van der Waals surface area contributed by atoms with E-state index in [2.05, 4.69) is 14.6 Å². The van der Waals surface area contributed by atoms with Gasteiger partial charge in [0, 0.05) is 20.1 Å². The van der Waals surface area contributed by atoms with Crippen LogP contribution in [0.25, 0.3) is 0 Å². The molecule has 74 valence electrons. The number of hydrogen-bond donors (Lipinski definition) is 1. The van der Waals surface area contributed by atoms with E-state index in [4.69, 9.17) is 5.11 Å². The van der Waals surface area contributed by atoms with Gasteiger partial charge in [0.15, 0.2) is 5.82 Å². The van der Waals surface area contributed by atoms with Crippen molar-refractivity contribution in [1.82, 2.24) is 10.1 Å². The van der Waals surface area contributed by atoms with Gasteiger partial charge in [0.25, 0.3) is 0 Å². The maximum Gasteiger partial charge on any atom is 0.310 e. The molecule has 0 bridgehead atoms. The highest BCUT2D eigenvalue weighted by molar-refractivity contribution is 5.38. The number of aromatic nitrogens is 1. The molecule has 0 aliphatic rings. The summed E-state index contributed by atoms with van der Waals surface area (Å²) in [6.45, 7) is 1.78. The van der Waals surface area contributed by atoms with Crippen LogP contribution in [0.5, 0.6) is 5.95 Å². The topological polar surface area (TPSA) is 52.7 Å². The molecule has 0 saturated heterocycles. The number of nitrogens with zero attached hydrogens (tertiary/aromatic N) is 3. The summed E-state index contributed by atoms with van der Waals surface area (Å²) in [7, 11) is 5.92. The van der Waals surface area contributed by atoms with E-state index >= 15 is 0 Å².